The summed E-state index contributed by atoms with van der Waals surface area (Å²) in [4.78, 5) is 7.55. The minimum atomic E-state index is 0.366. The van der Waals surface area contributed by atoms with Gasteiger partial charge in [-0.05, 0) is 51.9 Å². The number of benzene rings is 1. The largest absolute Gasteiger partial charge is 0.323 e. The molecule has 0 N–H and O–H groups in total. The molecule has 0 bridgehead atoms. The van der Waals surface area contributed by atoms with E-state index >= 15 is 0 Å². The van der Waals surface area contributed by atoms with Gasteiger partial charge in [0.1, 0.15) is 5.82 Å². The van der Waals surface area contributed by atoms with Crippen LogP contribution in [0, 0.1) is 0 Å². The van der Waals surface area contributed by atoms with E-state index in [0.29, 0.717) is 6.04 Å². The lowest BCUT2D eigenvalue weighted by molar-refractivity contribution is 0.208. The Morgan fingerprint density at radius 1 is 1.18 bits per heavy atom. The number of hydrogen-bond acceptors (Lipinski definition) is 2. The van der Waals surface area contributed by atoms with E-state index in [1.54, 1.807) is 0 Å². The lowest BCUT2D eigenvalue weighted by Crippen LogP contribution is -2.30. The number of imidazole rings is 1. The number of hydrogen-bond donors (Lipinski definition) is 0. The summed E-state index contributed by atoms with van der Waals surface area (Å²) in [5.74, 6) is 1.19. The van der Waals surface area contributed by atoms with Crippen LogP contribution in [0.5, 0.6) is 0 Å². The van der Waals surface area contributed by atoms with Crippen molar-refractivity contribution in [1.29, 1.82) is 0 Å². The quantitative estimate of drug-likeness (QED) is 0.772. The molecule has 1 aromatic heterocycles. The summed E-state index contributed by atoms with van der Waals surface area (Å²) in [5.41, 5.74) is 3.50. The normalized spacial score (nSPS) is 18.3. The molecule has 1 atom stereocenters. The molecule has 3 rings (SSSR count). The van der Waals surface area contributed by atoms with Gasteiger partial charge in [-0.2, -0.15) is 0 Å². The van der Waals surface area contributed by atoms with Crippen molar-refractivity contribution in [2.45, 2.75) is 52.1 Å². The predicted octanol–water partition coefficient (Wildman–Crippen LogP) is 4.55. The Kier molecular flexibility index (Phi) is 4.63. The van der Waals surface area contributed by atoms with E-state index in [1.807, 2.05) is 0 Å². The molecule has 1 saturated heterocycles. The molecule has 0 radical (unpaired) electrons. The highest BCUT2D eigenvalue weighted by Crippen LogP contribution is 2.27. The molecule has 1 aliphatic heterocycles. The Morgan fingerprint density at radius 3 is 2.55 bits per heavy atom. The predicted molar refractivity (Wildman–Crippen MR) is 93.0 cm³/mol. The zero-order chi connectivity index (χ0) is 15.5. The van der Waals surface area contributed by atoms with E-state index in [0.717, 1.165) is 12.1 Å². The fraction of sp³-hybridized carbons (Fsp3) is 0.526. The van der Waals surface area contributed by atoms with Crippen molar-refractivity contribution in [3.8, 4) is 0 Å². The van der Waals surface area contributed by atoms with E-state index in [1.165, 1.54) is 55.7 Å². The van der Waals surface area contributed by atoms with Crippen LogP contribution in [0.4, 0.5) is 0 Å². The average molecular weight is 297 g/mol. The molecule has 1 aliphatic rings. The molecular formula is C19H27N3. The van der Waals surface area contributed by atoms with Crippen molar-refractivity contribution in [2.75, 3.05) is 13.1 Å². The van der Waals surface area contributed by atoms with E-state index in [9.17, 15) is 0 Å². The smallest absolute Gasteiger partial charge is 0.127 e. The van der Waals surface area contributed by atoms with Gasteiger partial charge < -0.3 is 4.57 Å². The topological polar surface area (TPSA) is 21.1 Å². The van der Waals surface area contributed by atoms with Crippen LogP contribution in [-0.2, 0) is 6.54 Å². The van der Waals surface area contributed by atoms with E-state index in [2.05, 4.69) is 54.2 Å². The van der Waals surface area contributed by atoms with Crippen molar-refractivity contribution in [2.24, 2.45) is 0 Å². The highest BCUT2D eigenvalue weighted by atomic mass is 15.2. The standard InChI is InChI=1S/C19H27N3/c1-15(2)14-22-18-11-7-6-10-17(18)20-19(22)16(3)21-12-8-4-5-9-13-21/h6-7,10-11,16H,1,4-5,8-9,12-14H2,2-3H3/t16-/m1/s1. The summed E-state index contributed by atoms with van der Waals surface area (Å²) in [6.45, 7) is 11.7. The molecule has 0 unspecified atom stereocenters. The number of rotatable bonds is 4. The van der Waals surface area contributed by atoms with E-state index < -0.39 is 0 Å². The first-order valence-electron chi connectivity index (χ1n) is 8.50. The van der Waals surface area contributed by atoms with E-state index in [4.69, 9.17) is 4.98 Å². The van der Waals surface area contributed by atoms with Gasteiger partial charge in [0.05, 0.1) is 17.1 Å². The zero-order valence-corrected chi connectivity index (χ0v) is 13.9. The van der Waals surface area contributed by atoms with Crippen LogP contribution in [0.3, 0.4) is 0 Å². The van der Waals surface area contributed by atoms with Gasteiger partial charge in [0.25, 0.3) is 0 Å². The van der Waals surface area contributed by atoms with Gasteiger partial charge in [0.15, 0.2) is 0 Å². The van der Waals surface area contributed by atoms with Crippen LogP contribution in [0.15, 0.2) is 36.4 Å². The second-order valence-electron chi connectivity index (χ2n) is 6.63. The lowest BCUT2D eigenvalue weighted by atomic mass is 10.2. The molecule has 1 aromatic carbocycles. The van der Waals surface area contributed by atoms with Gasteiger partial charge in [-0.15, -0.1) is 0 Å². The van der Waals surface area contributed by atoms with Crippen LogP contribution in [0.2, 0.25) is 0 Å². The summed E-state index contributed by atoms with van der Waals surface area (Å²) in [6, 6.07) is 8.82. The highest BCUT2D eigenvalue weighted by Gasteiger charge is 2.23. The number of allylic oxidation sites excluding steroid dienone is 1. The van der Waals surface area contributed by atoms with Crippen molar-refractivity contribution < 1.29 is 0 Å². The van der Waals surface area contributed by atoms with Crippen LogP contribution < -0.4 is 0 Å². The summed E-state index contributed by atoms with van der Waals surface area (Å²) < 4.78 is 2.35. The maximum absolute atomic E-state index is 4.95. The molecule has 0 amide bonds. The molecule has 0 aliphatic carbocycles. The van der Waals surface area contributed by atoms with Crippen molar-refractivity contribution >= 4 is 11.0 Å². The number of aromatic nitrogens is 2. The second kappa shape index (κ2) is 6.66. The molecule has 118 valence electrons. The van der Waals surface area contributed by atoms with Crippen molar-refractivity contribution in [1.82, 2.24) is 14.5 Å². The van der Waals surface area contributed by atoms with Gasteiger partial charge >= 0.3 is 0 Å². The number of nitrogens with zero attached hydrogens (tertiary/aromatic N) is 3. The van der Waals surface area contributed by atoms with E-state index in [-0.39, 0.29) is 0 Å². The highest BCUT2D eigenvalue weighted by molar-refractivity contribution is 5.76. The van der Waals surface area contributed by atoms with Crippen LogP contribution in [0.25, 0.3) is 11.0 Å². The molecule has 1 fully saturated rings. The zero-order valence-electron chi connectivity index (χ0n) is 13.9. The van der Waals surface area contributed by atoms with Gasteiger partial charge in [-0.25, -0.2) is 4.98 Å². The van der Waals surface area contributed by atoms with Crippen LogP contribution in [0.1, 0.15) is 51.4 Å². The molecule has 2 aromatic rings. The SMILES string of the molecule is C=C(C)Cn1c([C@@H](C)N2CCCCCC2)nc2ccccc21. The van der Waals surface area contributed by atoms with Gasteiger partial charge in [-0.3, -0.25) is 4.90 Å². The van der Waals surface area contributed by atoms with Crippen molar-refractivity contribution in [3.05, 3.63) is 42.2 Å². The summed E-state index contributed by atoms with van der Waals surface area (Å²) >= 11 is 0. The third kappa shape index (κ3) is 3.09. The first kappa shape index (κ1) is 15.3. The molecule has 0 spiro atoms. The Balaban J connectivity index is 1.98. The molecule has 0 saturated carbocycles. The summed E-state index contributed by atoms with van der Waals surface area (Å²) in [6.07, 6.45) is 5.35. The summed E-state index contributed by atoms with van der Waals surface area (Å²) in [7, 11) is 0. The van der Waals surface area contributed by atoms with Gasteiger partial charge in [0.2, 0.25) is 0 Å². The van der Waals surface area contributed by atoms with Crippen LogP contribution >= 0.6 is 0 Å². The fourth-order valence-corrected chi connectivity index (χ4v) is 3.49. The maximum atomic E-state index is 4.95. The monoisotopic (exact) mass is 297 g/mol. The average Bonchev–Trinajstić information content (AvgIpc) is 2.70. The minimum Gasteiger partial charge on any atom is -0.323 e. The summed E-state index contributed by atoms with van der Waals surface area (Å²) in [5, 5.41) is 0. The molecule has 3 heteroatoms. The number of para-hydroxylation sites is 2. The van der Waals surface area contributed by atoms with Gasteiger partial charge in [-0.1, -0.05) is 37.1 Å². The first-order chi connectivity index (χ1) is 10.7. The molecule has 2 heterocycles. The fourth-order valence-electron chi connectivity index (χ4n) is 3.49. The molecular weight excluding hydrogens is 270 g/mol. The Hall–Kier alpha value is -1.61. The molecule has 22 heavy (non-hydrogen) atoms. The Labute approximate surface area is 133 Å². The van der Waals surface area contributed by atoms with Gasteiger partial charge in [0, 0.05) is 6.54 Å². The van der Waals surface area contributed by atoms with Crippen LogP contribution in [-0.4, -0.2) is 27.5 Å². The molecule has 3 nitrogen and oxygen atoms in total. The minimum absolute atomic E-state index is 0.366. The Morgan fingerprint density at radius 2 is 1.86 bits per heavy atom. The maximum Gasteiger partial charge on any atom is 0.127 e. The second-order valence-corrected chi connectivity index (χ2v) is 6.63. The third-order valence-electron chi connectivity index (χ3n) is 4.67. The number of likely N-dealkylation sites (tertiary alicyclic amines) is 1. The van der Waals surface area contributed by atoms with Crippen molar-refractivity contribution in [3.63, 3.8) is 0 Å². The lowest BCUT2D eigenvalue weighted by Gasteiger charge is -2.27. The Bertz CT molecular complexity index is 648. The third-order valence-corrected chi connectivity index (χ3v) is 4.67. The first-order valence-corrected chi connectivity index (χ1v) is 8.50. The number of fused-ring (bicyclic) bond motifs is 1.